The zero-order valence-electron chi connectivity index (χ0n) is 22.5. The molecule has 14 heteroatoms. The number of carbonyl (C=O) groups excluding carboxylic acids is 2. The SMILES string of the molecule is CC1(C)OB(c2cnc(O[C@H]3CCN(C(=O)Cc4ccc(OC(F)(F)F)cc4)C[C@H]3F)c(C(N)=O)c2)OC1(C)C. The Balaban J connectivity index is 1.37. The van der Waals surface area contributed by atoms with E-state index < -0.39 is 54.5 Å². The first kappa shape index (κ1) is 29.6. The quantitative estimate of drug-likeness (QED) is 0.405. The maximum atomic E-state index is 15.1. The summed E-state index contributed by atoms with van der Waals surface area (Å²) >= 11 is 0. The highest BCUT2D eigenvalue weighted by atomic mass is 19.4. The summed E-state index contributed by atoms with van der Waals surface area (Å²) in [5.41, 5.74) is 5.17. The number of likely N-dealkylation sites (tertiary alicyclic amines) is 1. The standard InChI is InChI=1S/C26H30BF4N3O6/c1-24(2)25(3,4)40-27(39-24)16-12-18(22(32)36)23(33-13-16)37-20-9-10-34(14-19(20)28)21(35)11-15-5-7-17(8-6-15)38-26(29,30)31/h5-8,12-13,19-20H,9-11,14H2,1-4H3,(H2,32,36)/t19-,20+/m1/s1. The minimum absolute atomic E-state index is 0.0594. The van der Waals surface area contributed by atoms with Crippen molar-refractivity contribution >= 4 is 24.4 Å². The van der Waals surface area contributed by atoms with Crippen LogP contribution < -0.4 is 20.7 Å². The lowest BCUT2D eigenvalue weighted by Crippen LogP contribution is -2.49. The summed E-state index contributed by atoms with van der Waals surface area (Å²) in [7, 11) is -0.791. The van der Waals surface area contributed by atoms with E-state index in [-0.39, 0.29) is 37.4 Å². The molecule has 2 aliphatic heterocycles. The third kappa shape index (κ3) is 6.66. The fourth-order valence-electron chi connectivity index (χ4n) is 4.33. The summed E-state index contributed by atoms with van der Waals surface area (Å²) in [5.74, 6) is -1.76. The van der Waals surface area contributed by atoms with Crippen LogP contribution in [0.1, 0.15) is 50.0 Å². The van der Waals surface area contributed by atoms with Crippen molar-refractivity contribution < 1.29 is 45.9 Å². The predicted octanol–water partition coefficient (Wildman–Crippen LogP) is 2.94. The Morgan fingerprint density at radius 3 is 2.33 bits per heavy atom. The lowest BCUT2D eigenvalue weighted by atomic mass is 9.79. The van der Waals surface area contributed by atoms with Crippen molar-refractivity contribution in [3.05, 3.63) is 47.7 Å². The van der Waals surface area contributed by atoms with Crippen LogP contribution in [-0.4, -0.2) is 71.7 Å². The van der Waals surface area contributed by atoms with Gasteiger partial charge in [-0.25, -0.2) is 9.37 Å². The van der Waals surface area contributed by atoms with Gasteiger partial charge in [0.25, 0.3) is 5.91 Å². The van der Waals surface area contributed by atoms with E-state index >= 15 is 4.39 Å². The molecule has 0 unspecified atom stereocenters. The van der Waals surface area contributed by atoms with E-state index in [4.69, 9.17) is 19.8 Å². The Bertz CT molecular complexity index is 1240. The van der Waals surface area contributed by atoms with Crippen LogP contribution in [0.25, 0.3) is 0 Å². The molecular formula is C26H30BF4N3O6. The zero-order chi connectivity index (χ0) is 29.5. The van der Waals surface area contributed by atoms with Crippen molar-refractivity contribution in [2.45, 2.75) is 70.4 Å². The number of rotatable bonds is 7. The molecule has 2 aromatic rings. The van der Waals surface area contributed by atoms with Gasteiger partial charge in [0.05, 0.1) is 24.2 Å². The summed E-state index contributed by atoms with van der Waals surface area (Å²) < 4.78 is 73.6. The molecule has 40 heavy (non-hydrogen) atoms. The van der Waals surface area contributed by atoms with Gasteiger partial charge in [-0.1, -0.05) is 12.1 Å². The molecule has 2 N–H and O–H groups in total. The Hall–Kier alpha value is -3.39. The van der Waals surface area contributed by atoms with Gasteiger partial charge in [0.1, 0.15) is 17.4 Å². The van der Waals surface area contributed by atoms with Gasteiger partial charge >= 0.3 is 13.5 Å². The third-order valence-corrected chi connectivity index (χ3v) is 7.27. The second-order valence-electron chi connectivity index (χ2n) is 10.7. The average molecular weight is 567 g/mol. The van der Waals surface area contributed by atoms with Gasteiger partial charge < -0.3 is 29.4 Å². The van der Waals surface area contributed by atoms with E-state index in [0.29, 0.717) is 11.0 Å². The van der Waals surface area contributed by atoms with Gasteiger partial charge in [-0.3, -0.25) is 9.59 Å². The molecule has 0 bridgehead atoms. The van der Waals surface area contributed by atoms with Gasteiger partial charge in [0, 0.05) is 24.6 Å². The first-order valence-corrected chi connectivity index (χ1v) is 12.6. The molecule has 2 atom stereocenters. The van der Waals surface area contributed by atoms with E-state index in [1.807, 2.05) is 27.7 Å². The third-order valence-electron chi connectivity index (χ3n) is 7.27. The van der Waals surface area contributed by atoms with E-state index in [0.717, 1.165) is 12.1 Å². The van der Waals surface area contributed by atoms with Crippen molar-refractivity contribution in [2.24, 2.45) is 5.73 Å². The Labute approximate surface area is 229 Å². The number of nitrogens with zero attached hydrogens (tertiary/aromatic N) is 2. The number of aromatic nitrogens is 1. The minimum Gasteiger partial charge on any atom is -0.471 e. The van der Waals surface area contributed by atoms with Crippen LogP contribution in [0.4, 0.5) is 17.6 Å². The first-order chi connectivity index (χ1) is 18.5. The molecule has 1 aromatic heterocycles. The number of alkyl halides is 4. The van der Waals surface area contributed by atoms with Gasteiger partial charge in [0.15, 0.2) is 6.17 Å². The summed E-state index contributed by atoms with van der Waals surface area (Å²) in [6, 6.07) is 6.34. The minimum atomic E-state index is -4.82. The van der Waals surface area contributed by atoms with Gasteiger partial charge in [-0.15, -0.1) is 13.2 Å². The van der Waals surface area contributed by atoms with Crippen molar-refractivity contribution in [3.8, 4) is 11.6 Å². The maximum Gasteiger partial charge on any atom is 0.573 e. The highest BCUT2D eigenvalue weighted by Gasteiger charge is 2.52. The normalized spacial score (nSPS) is 22.2. The Morgan fingerprint density at radius 1 is 1.15 bits per heavy atom. The Kier molecular flexibility index (Phi) is 8.05. The van der Waals surface area contributed by atoms with Crippen LogP contribution in [0.15, 0.2) is 36.5 Å². The van der Waals surface area contributed by atoms with Crippen molar-refractivity contribution in [1.29, 1.82) is 0 Å². The van der Waals surface area contributed by atoms with Crippen LogP contribution in [0, 0.1) is 0 Å². The fraction of sp³-hybridized carbons (Fsp3) is 0.500. The second kappa shape index (κ2) is 10.9. The van der Waals surface area contributed by atoms with Gasteiger partial charge in [-0.05, 0) is 51.5 Å². The number of benzene rings is 1. The maximum absolute atomic E-state index is 15.1. The van der Waals surface area contributed by atoms with Crippen LogP contribution in [0.5, 0.6) is 11.6 Å². The lowest BCUT2D eigenvalue weighted by Gasteiger charge is -2.34. The molecule has 2 aliphatic rings. The molecule has 0 spiro atoms. The summed E-state index contributed by atoms with van der Waals surface area (Å²) in [5, 5.41) is 0. The average Bonchev–Trinajstić information content (AvgIpc) is 3.07. The first-order valence-electron chi connectivity index (χ1n) is 12.6. The number of carbonyl (C=O) groups is 2. The molecule has 1 aromatic carbocycles. The molecule has 9 nitrogen and oxygen atoms in total. The molecule has 0 saturated carbocycles. The van der Waals surface area contributed by atoms with Crippen LogP contribution in [-0.2, 0) is 20.5 Å². The number of pyridine rings is 1. The second-order valence-corrected chi connectivity index (χ2v) is 10.7. The molecular weight excluding hydrogens is 537 g/mol. The van der Waals surface area contributed by atoms with E-state index in [1.54, 1.807) is 0 Å². The molecule has 216 valence electrons. The number of hydrogen-bond donors (Lipinski definition) is 1. The largest absolute Gasteiger partial charge is 0.573 e. The van der Waals surface area contributed by atoms with Gasteiger partial charge in [-0.2, -0.15) is 0 Å². The summed E-state index contributed by atoms with van der Waals surface area (Å²) in [4.78, 5) is 30.4. The zero-order valence-corrected chi connectivity index (χ0v) is 22.5. The van der Waals surface area contributed by atoms with Crippen LogP contribution >= 0.6 is 0 Å². The lowest BCUT2D eigenvalue weighted by molar-refractivity contribution is -0.274. The molecule has 3 heterocycles. The highest BCUT2D eigenvalue weighted by Crippen LogP contribution is 2.36. The monoisotopic (exact) mass is 567 g/mol. The number of piperidine rings is 1. The van der Waals surface area contributed by atoms with Crippen molar-refractivity contribution in [1.82, 2.24) is 9.88 Å². The van der Waals surface area contributed by atoms with Crippen molar-refractivity contribution in [3.63, 3.8) is 0 Å². The number of amides is 2. The topological polar surface area (TPSA) is 113 Å². The highest BCUT2D eigenvalue weighted by molar-refractivity contribution is 6.62. The molecule has 4 rings (SSSR count). The number of hydrogen-bond acceptors (Lipinski definition) is 7. The predicted molar refractivity (Wildman–Crippen MR) is 136 cm³/mol. The Morgan fingerprint density at radius 2 is 1.77 bits per heavy atom. The number of nitrogens with two attached hydrogens (primary N) is 1. The van der Waals surface area contributed by atoms with E-state index in [2.05, 4.69) is 9.72 Å². The number of ether oxygens (including phenoxy) is 2. The van der Waals surface area contributed by atoms with Gasteiger partial charge in [0.2, 0.25) is 11.8 Å². The molecule has 0 aliphatic carbocycles. The number of halogens is 4. The molecule has 2 saturated heterocycles. The molecule has 2 fully saturated rings. The smallest absolute Gasteiger partial charge is 0.471 e. The van der Waals surface area contributed by atoms with E-state index in [9.17, 15) is 22.8 Å². The van der Waals surface area contributed by atoms with Crippen LogP contribution in [0.2, 0.25) is 0 Å². The van der Waals surface area contributed by atoms with Crippen molar-refractivity contribution in [2.75, 3.05) is 13.1 Å². The summed E-state index contributed by atoms with van der Waals surface area (Å²) in [6.45, 7) is 7.43. The molecule has 2 amide bonds. The van der Waals surface area contributed by atoms with Crippen LogP contribution in [0.3, 0.4) is 0 Å². The number of primary amides is 1. The van der Waals surface area contributed by atoms with E-state index in [1.165, 1.54) is 29.3 Å². The summed E-state index contributed by atoms with van der Waals surface area (Å²) in [6.07, 6.45) is -5.99. The fourth-order valence-corrected chi connectivity index (χ4v) is 4.33. The molecule has 0 radical (unpaired) electrons.